The second-order valence-corrected chi connectivity index (χ2v) is 5.31. The molecule has 2 aliphatic heterocycles. The van der Waals surface area contributed by atoms with Gasteiger partial charge in [-0.15, -0.1) is 0 Å². The van der Waals surface area contributed by atoms with Crippen LogP contribution in [0.1, 0.15) is 12.8 Å². The zero-order valence-corrected chi connectivity index (χ0v) is 12.2. The third-order valence-electron chi connectivity index (χ3n) is 3.74. The van der Waals surface area contributed by atoms with Gasteiger partial charge in [-0.2, -0.15) is 0 Å². The van der Waals surface area contributed by atoms with Crippen molar-refractivity contribution >= 4 is 12.0 Å². The first-order chi connectivity index (χ1) is 10.7. The van der Waals surface area contributed by atoms with Crippen LogP contribution in [0.5, 0.6) is 5.88 Å². The van der Waals surface area contributed by atoms with Gasteiger partial charge >= 0.3 is 6.09 Å². The lowest BCUT2D eigenvalue weighted by atomic mass is 10.1. The van der Waals surface area contributed by atoms with Crippen molar-refractivity contribution in [3.05, 3.63) is 18.6 Å². The van der Waals surface area contributed by atoms with Crippen LogP contribution in [-0.2, 0) is 9.53 Å². The number of amides is 2. The lowest BCUT2D eigenvalue weighted by Gasteiger charge is -2.33. The molecular formula is C14H18N4O4. The number of carbonyl (C=O) groups excluding carboxylic acids is 2. The molecule has 8 heteroatoms. The van der Waals surface area contributed by atoms with Crippen molar-refractivity contribution in [2.45, 2.75) is 18.9 Å². The Balaban J connectivity index is 1.53. The summed E-state index contributed by atoms with van der Waals surface area (Å²) in [5.74, 6) is 0.437. The largest absolute Gasteiger partial charge is 0.472 e. The number of aromatic nitrogens is 2. The minimum atomic E-state index is -0.417. The van der Waals surface area contributed by atoms with Gasteiger partial charge in [0.15, 0.2) is 0 Å². The first kappa shape index (κ1) is 14.6. The van der Waals surface area contributed by atoms with Crippen molar-refractivity contribution in [2.75, 3.05) is 32.8 Å². The van der Waals surface area contributed by atoms with Crippen LogP contribution in [0.3, 0.4) is 0 Å². The first-order valence-corrected chi connectivity index (χ1v) is 7.34. The van der Waals surface area contributed by atoms with E-state index in [-0.39, 0.29) is 18.6 Å². The Kier molecular flexibility index (Phi) is 4.36. The van der Waals surface area contributed by atoms with Crippen LogP contribution in [0.25, 0.3) is 0 Å². The number of piperidine rings is 1. The van der Waals surface area contributed by atoms with Gasteiger partial charge in [0.25, 0.3) is 0 Å². The van der Waals surface area contributed by atoms with E-state index in [1.807, 2.05) is 0 Å². The standard InChI is InChI=1S/C14H18N4O4/c19-13(9-18-6-7-21-14(18)20)17-5-1-2-11(8-17)22-12-3-4-15-10-16-12/h3-4,10-11H,1-2,5-9H2. The van der Waals surface area contributed by atoms with Crippen molar-refractivity contribution in [3.8, 4) is 5.88 Å². The molecule has 22 heavy (non-hydrogen) atoms. The lowest BCUT2D eigenvalue weighted by molar-refractivity contribution is -0.134. The molecule has 2 aliphatic rings. The highest BCUT2D eigenvalue weighted by molar-refractivity contribution is 5.83. The number of carbonyl (C=O) groups is 2. The molecule has 1 aromatic heterocycles. The Bertz CT molecular complexity index is 539. The molecule has 0 N–H and O–H groups in total. The number of ether oxygens (including phenoxy) is 2. The maximum Gasteiger partial charge on any atom is 0.410 e. The van der Waals surface area contributed by atoms with E-state index in [0.29, 0.717) is 32.1 Å². The monoisotopic (exact) mass is 306 g/mol. The van der Waals surface area contributed by atoms with Crippen LogP contribution in [-0.4, -0.2) is 70.7 Å². The maximum atomic E-state index is 12.3. The van der Waals surface area contributed by atoms with E-state index in [4.69, 9.17) is 9.47 Å². The third kappa shape index (κ3) is 3.44. The summed E-state index contributed by atoms with van der Waals surface area (Å²) in [5, 5.41) is 0. The van der Waals surface area contributed by atoms with Gasteiger partial charge in [0.05, 0.1) is 13.1 Å². The van der Waals surface area contributed by atoms with Crippen LogP contribution in [0.2, 0.25) is 0 Å². The molecule has 118 valence electrons. The zero-order valence-electron chi connectivity index (χ0n) is 12.2. The third-order valence-corrected chi connectivity index (χ3v) is 3.74. The lowest BCUT2D eigenvalue weighted by Crippen LogP contribution is -2.48. The van der Waals surface area contributed by atoms with E-state index in [9.17, 15) is 9.59 Å². The van der Waals surface area contributed by atoms with Gasteiger partial charge in [-0.05, 0) is 12.8 Å². The van der Waals surface area contributed by atoms with Crippen molar-refractivity contribution in [1.82, 2.24) is 19.8 Å². The predicted molar refractivity (Wildman–Crippen MR) is 75.2 cm³/mol. The Morgan fingerprint density at radius 3 is 3.09 bits per heavy atom. The highest BCUT2D eigenvalue weighted by Crippen LogP contribution is 2.16. The van der Waals surface area contributed by atoms with Gasteiger partial charge in [0.2, 0.25) is 11.8 Å². The predicted octanol–water partition coefficient (Wildman–Crippen LogP) is 0.299. The summed E-state index contributed by atoms with van der Waals surface area (Å²) in [7, 11) is 0. The van der Waals surface area contributed by atoms with E-state index in [1.165, 1.54) is 11.2 Å². The molecule has 2 saturated heterocycles. The number of hydrogen-bond donors (Lipinski definition) is 0. The van der Waals surface area contributed by atoms with Crippen LogP contribution in [0, 0.1) is 0 Å². The second kappa shape index (κ2) is 6.59. The van der Waals surface area contributed by atoms with Crippen molar-refractivity contribution in [3.63, 3.8) is 0 Å². The summed E-state index contributed by atoms with van der Waals surface area (Å²) < 4.78 is 10.6. The molecule has 0 saturated carbocycles. The van der Waals surface area contributed by atoms with Gasteiger partial charge in [-0.3, -0.25) is 9.69 Å². The molecular weight excluding hydrogens is 288 g/mol. The Morgan fingerprint density at radius 1 is 1.45 bits per heavy atom. The minimum Gasteiger partial charge on any atom is -0.472 e. The summed E-state index contributed by atoms with van der Waals surface area (Å²) in [4.78, 5) is 34.7. The summed E-state index contributed by atoms with van der Waals surface area (Å²) in [5.41, 5.74) is 0. The number of rotatable bonds is 4. The molecule has 0 bridgehead atoms. The fourth-order valence-corrected chi connectivity index (χ4v) is 2.61. The SMILES string of the molecule is O=C(CN1CCOC1=O)N1CCCC(Oc2ccncn2)C1. The molecule has 3 rings (SSSR count). The molecule has 1 unspecified atom stereocenters. The average molecular weight is 306 g/mol. The van der Waals surface area contributed by atoms with Gasteiger partial charge in [-0.25, -0.2) is 14.8 Å². The molecule has 2 amide bonds. The molecule has 1 atom stereocenters. The molecule has 0 aromatic carbocycles. The summed E-state index contributed by atoms with van der Waals surface area (Å²) in [6, 6.07) is 1.70. The van der Waals surface area contributed by atoms with E-state index in [2.05, 4.69) is 9.97 Å². The normalized spacial score (nSPS) is 21.6. The van der Waals surface area contributed by atoms with Gasteiger partial charge in [-0.1, -0.05) is 0 Å². The fraction of sp³-hybridized carbons (Fsp3) is 0.571. The molecule has 3 heterocycles. The second-order valence-electron chi connectivity index (χ2n) is 5.31. The minimum absolute atomic E-state index is 0.0685. The van der Waals surface area contributed by atoms with Gasteiger partial charge in [0, 0.05) is 18.8 Å². The summed E-state index contributed by atoms with van der Waals surface area (Å²) in [6.45, 7) is 2.08. The van der Waals surface area contributed by atoms with Crippen LogP contribution in [0.4, 0.5) is 4.79 Å². The molecule has 0 aliphatic carbocycles. The van der Waals surface area contributed by atoms with Crippen molar-refractivity contribution < 1.29 is 19.1 Å². The first-order valence-electron chi connectivity index (χ1n) is 7.34. The molecule has 2 fully saturated rings. The molecule has 8 nitrogen and oxygen atoms in total. The average Bonchev–Trinajstić information content (AvgIpc) is 2.94. The van der Waals surface area contributed by atoms with Crippen LogP contribution in [0.15, 0.2) is 18.6 Å². The number of likely N-dealkylation sites (tertiary alicyclic amines) is 1. The van der Waals surface area contributed by atoms with E-state index in [1.54, 1.807) is 17.2 Å². The number of nitrogens with zero attached hydrogens (tertiary/aromatic N) is 4. The molecule has 0 spiro atoms. The number of hydrogen-bond acceptors (Lipinski definition) is 6. The van der Waals surface area contributed by atoms with E-state index in [0.717, 1.165) is 12.8 Å². The van der Waals surface area contributed by atoms with Gasteiger partial charge < -0.3 is 14.4 Å². The van der Waals surface area contributed by atoms with Crippen LogP contribution < -0.4 is 4.74 Å². The number of cyclic esters (lactones) is 1. The van der Waals surface area contributed by atoms with Gasteiger partial charge in [0.1, 0.15) is 25.6 Å². The fourth-order valence-electron chi connectivity index (χ4n) is 2.61. The Hall–Kier alpha value is -2.38. The van der Waals surface area contributed by atoms with E-state index < -0.39 is 6.09 Å². The smallest absolute Gasteiger partial charge is 0.410 e. The zero-order chi connectivity index (χ0) is 15.4. The molecule has 1 aromatic rings. The van der Waals surface area contributed by atoms with Crippen molar-refractivity contribution in [1.29, 1.82) is 0 Å². The van der Waals surface area contributed by atoms with E-state index >= 15 is 0 Å². The summed E-state index contributed by atoms with van der Waals surface area (Å²) >= 11 is 0. The quantitative estimate of drug-likeness (QED) is 0.795. The highest BCUT2D eigenvalue weighted by Gasteiger charge is 2.29. The van der Waals surface area contributed by atoms with Crippen molar-refractivity contribution in [2.24, 2.45) is 0 Å². The molecule has 0 radical (unpaired) electrons. The Labute approximate surface area is 128 Å². The van der Waals surface area contributed by atoms with Crippen LogP contribution >= 0.6 is 0 Å². The maximum absolute atomic E-state index is 12.3. The summed E-state index contributed by atoms with van der Waals surface area (Å²) in [6.07, 6.45) is 4.29. The highest BCUT2D eigenvalue weighted by atomic mass is 16.6. The Morgan fingerprint density at radius 2 is 2.36 bits per heavy atom. The topological polar surface area (TPSA) is 84.9 Å².